The lowest BCUT2D eigenvalue weighted by Gasteiger charge is -2.18. The fraction of sp³-hybridized carbons (Fsp3) is 0.0435. The van der Waals surface area contributed by atoms with Crippen molar-refractivity contribution >= 4 is 57.1 Å². The number of nitrogens with zero attached hydrogens (tertiary/aromatic N) is 3. The summed E-state index contributed by atoms with van der Waals surface area (Å²) in [6.07, 6.45) is 3.22. The van der Waals surface area contributed by atoms with Crippen molar-refractivity contribution in [2.45, 2.75) is 6.92 Å². The van der Waals surface area contributed by atoms with Gasteiger partial charge in [-0.3, -0.25) is 9.69 Å². The second-order valence-electron chi connectivity index (χ2n) is 6.76. The van der Waals surface area contributed by atoms with Crippen LogP contribution in [0.25, 0.3) is 23.1 Å². The number of amides is 1. The van der Waals surface area contributed by atoms with Gasteiger partial charge in [0.05, 0.1) is 28.2 Å². The highest BCUT2D eigenvalue weighted by molar-refractivity contribution is 7.14. The number of para-hydroxylation sites is 1. The van der Waals surface area contributed by atoms with Crippen molar-refractivity contribution in [2.24, 2.45) is 0 Å². The number of carbonyl (C=O) groups is 2. The van der Waals surface area contributed by atoms with E-state index >= 15 is 0 Å². The molecular formula is C23H15F2N3O3S. The molecule has 2 aromatic carbocycles. The number of carboxylic acid groups (broad SMARTS) is 1. The fourth-order valence-electron chi connectivity index (χ4n) is 3.15. The molecule has 4 aromatic rings. The van der Waals surface area contributed by atoms with E-state index in [-0.39, 0.29) is 16.4 Å². The Morgan fingerprint density at radius 1 is 1.03 bits per heavy atom. The van der Waals surface area contributed by atoms with Crippen molar-refractivity contribution in [1.82, 2.24) is 9.97 Å². The first-order valence-corrected chi connectivity index (χ1v) is 10.2. The molecule has 0 bridgehead atoms. The minimum absolute atomic E-state index is 0.105. The SMILES string of the molecule is CC(=O)N(c1nc(C=Cc2cc(C(=O)O)c3ccccc3n2)cs1)c1ccc(F)cc1F. The van der Waals surface area contributed by atoms with Crippen molar-refractivity contribution in [3.8, 4) is 0 Å². The number of rotatable bonds is 5. The number of thiazole rings is 1. The Kier molecular flexibility index (Phi) is 5.74. The average molecular weight is 451 g/mol. The molecule has 0 radical (unpaired) electrons. The summed E-state index contributed by atoms with van der Waals surface area (Å²) in [5.41, 5.74) is 1.45. The van der Waals surface area contributed by atoms with Gasteiger partial charge in [0, 0.05) is 23.8 Å². The van der Waals surface area contributed by atoms with Crippen LogP contribution in [0.15, 0.2) is 53.9 Å². The lowest BCUT2D eigenvalue weighted by Crippen LogP contribution is -2.23. The summed E-state index contributed by atoms with van der Waals surface area (Å²) < 4.78 is 27.5. The van der Waals surface area contributed by atoms with E-state index in [4.69, 9.17) is 0 Å². The van der Waals surface area contributed by atoms with Crippen LogP contribution in [0.2, 0.25) is 0 Å². The van der Waals surface area contributed by atoms with E-state index < -0.39 is 23.5 Å². The van der Waals surface area contributed by atoms with Crippen LogP contribution in [0.1, 0.15) is 28.7 Å². The number of benzene rings is 2. The second kappa shape index (κ2) is 8.64. The van der Waals surface area contributed by atoms with Crippen molar-refractivity contribution in [3.63, 3.8) is 0 Å². The van der Waals surface area contributed by atoms with Crippen molar-refractivity contribution in [3.05, 3.63) is 82.5 Å². The Hall–Kier alpha value is -3.98. The highest BCUT2D eigenvalue weighted by Gasteiger charge is 2.21. The maximum Gasteiger partial charge on any atom is 0.336 e. The molecule has 1 amide bonds. The average Bonchev–Trinajstić information content (AvgIpc) is 3.21. The Morgan fingerprint density at radius 2 is 1.78 bits per heavy atom. The smallest absolute Gasteiger partial charge is 0.336 e. The maximum atomic E-state index is 14.2. The summed E-state index contributed by atoms with van der Waals surface area (Å²) >= 11 is 1.11. The van der Waals surface area contributed by atoms with Crippen molar-refractivity contribution < 1.29 is 23.5 Å². The van der Waals surface area contributed by atoms with E-state index in [0.29, 0.717) is 28.4 Å². The van der Waals surface area contributed by atoms with Gasteiger partial charge in [-0.1, -0.05) is 18.2 Å². The first-order chi connectivity index (χ1) is 15.3. The van der Waals surface area contributed by atoms with E-state index in [1.807, 2.05) is 0 Å². The number of hydrogen-bond donors (Lipinski definition) is 1. The number of anilines is 2. The lowest BCUT2D eigenvalue weighted by molar-refractivity contribution is -0.115. The lowest BCUT2D eigenvalue weighted by atomic mass is 10.1. The summed E-state index contributed by atoms with van der Waals surface area (Å²) in [6.45, 7) is 1.26. The van der Waals surface area contributed by atoms with Crippen LogP contribution in [-0.4, -0.2) is 27.0 Å². The van der Waals surface area contributed by atoms with Gasteiger partial charge in [-0.25, -0.2) is 23.5 Å². The van der Waals surface area contributed by atoms with Crippen molar-refractivity contribution in [2.75, 3.05) is 4.90 Å². The summed E-state index contributed by atoms with van der Waals surface area (Å²) in [4.78, 5) is 33.6. The van der Waals surface area contributed by atoms with E-state index in [0.717, 1.165) is 22.3 Å². The van der Waals surface area contributed by atoms with Crippen LogP contribution in [0.4, 0.5) is 19.6 Å². The molecule has 2 heterocycles. The van der Waals surface area contributed by atoms with Crippen LogP contribution in [0, 0.1) is 11.6 Å². The van der Waals surface area contributed by atoms with Crippen LogP contribution in [0.5, 0.6) is 0 Å². The van der Waals surface area contributed by atoms with Crippen LogP contribution in [-0.2, 0) is 4.79 Å². The fourth-order valence-corrected chi connectivity index (χ4v) is 4.00. The molecule has 0 spiro atoms. The molecule has 1 N–H and O–H groups in total. The Bertz CT molecular complexity index is 1380. The molecule has 0 aliphatic carbocycles. The van der Waals surface area contributed by atoms with Gasteiger partial charge < -0.3 is 5.11 Å². The van der Waals surface area contributed by atoms with Crippen LogP contribution in [0.3, 0.4) is 0 Å². The molecule has 4 rings (SSSR count). The quantitative estimate of drug-likeness (QED) is 0.432. The summed E-state index contributed by atoms with van der Waals surface area (Å²) in [7, 11) is 0. The number of aromatic carboxylic acids is 1. The predicted molar refractivity (Wildman–Crippen MR) is 119 cm³/mol. The molecule has 0 atom stereocenters. The predicted octanol–water partition coefficient (Wildman–Crippen LogP) is 5.52. The first-order valence-electron chi connectivity index (χ1n) is 9.36. The van der Waals surface area contributed by atoms with Gasteiger partial charge in [0.25, 0.3) is 0 Å². The number of fused-ring (bicyclic) bond motifs is 1. The summed E-state index contributed by atoms with van der Waals surface area (Å²) in [6, 6.07) is 11.3. The highest BCUT2D eigenvalue weighted by atomic mass is 32.1. The standard InChI is InChI=1S/C23H15F2N3O3S/c1-13(29)28(21-9-6-14(24)10-19(21)25)23-27-16(12-32-23)8-7-15-11-18(22(30)31)17-4-2-3-5-20(17)26-15/h2-12H,1H3,(H,30,31). The molecule has 160 valence electrons. The molecule has 0 aliphatic heterocycles. The number of carboxylic acids is 1. The van der Waals surface area contributed by atoms with E-state index in [1.165, 1.54) is 19.1 Å². The normalized spacial score (nSPS) is 11.2. The Morgan fingerprint density at radius 3 is 2.50 bits per heavy atom. The van der Waals surface area contributed by atoms with Crippen LogP contribution >= 0.6 is 11.3 Å². The van der Waals surface area contributed by atoms with Gasteiger partial charge in [-0.15, -0.1) is 11.3 Å². The van der Waals surface area contributed by atoms with Crippen LogP contribution < -0.4 is 4.90 Å². The molecule has 2 aromatic heterocycles. The third kappa shape index (κ3) is 4.23. The molecular weight excluding hydrogens is 436 g/mol. The van der Waals surface area contributed by atoms with E-state index in [2.05, 4.69) is 9.97 Å². The largest absolute Gasteiger partial charge is 0.478 e. The number of aromatic nitrogens is 2. The van der Waals surface area contributed by atoms with E-state index in [1.54, 1.807) is 41.8 Å². The first kappa shape index (κ1) is 21.3. The molecule has 0 saturated carbocycles. The third-order valence-corrected chi connectivity index (χ3v) is 5.40. The molecule has 0 unspecified atom stereocenters. The topological polar surface area (TPSA) is 83.4 Å². The van der Waals surface area contributed by atoms with Gasteiger partial charge in [0.1, 0.15) is 11.6 Å². The zero-order chi connectivity index (χ0) is 22.8. The Balaban J connectivity index is 1.67. The van der Waals surface area contributed by atoms with Gasteiger partial charge in [0.15, 0.2) is 5.13 Å². The maximum absolute atomic E-state index is 14.2. The monoisotopic (exact) mass is 451 g/mol. The summed E-state index contributed by atoms with van der Waals surface area (Å²) in [5.74, 6) is -3.18. The molecule has 9 heteroatoms. The van der Waals surface area contributed by atoms with Gasteiger partial charge >= 0.3 is 5.97 Å². The third-order valence-electron chi connectivity index (χ3n) is 4.56. The molecule has 32 heavy (non-hydrogen) atoms. The minimum Gasteiger partial charge on any atom is -0.478 e. The number of pyridine rings is 1. The molecule has 0 fully saturated rings. The highest BCUT2D eigenvalue weighted by Crippen LogP contribution is 2.31. The zero-order valence-electron chi connectivity index (χ0n) is 16.6. The molecule has 0 saturated heterocycles. The van der Waals surface area contributed by atoms with Gasteiger partial charge in [-0.05, 0) is 36.4 Å². The Labute approximate surface area is 185 Å². The number of carbonyl (C=O) groups excluding carboxylic acids is 1. The van der Waals surface area contributed by atoms with Crippen molar-refractivity contribution in [1.29, 1.82) is 0 Å². The van der Waals surface area contributed by atoms with Gasteiger partial charge in [-0.2, -0.15) is 0 Å². The van der Waals surface area contributed by atoms with Gasteiger partial charge in [0.2, 0.25) is 5.91 Å². The number of halogens is 2. The van der Waals surface area contributed by atoms with E-state index in [9.17, 15) is 23.5 Å². The zero-order valence-corrected chi connectivity index (χ0v) is 17.4. The molecule has 0 aliphatic rings. The summed E-state index contributed by atoms with van der Waals surface area (Å²) in [5, 5.41) is 11.9. The molecule has 6 nitrogen and oxygen atoms in total. The minimum atomic E-state index is -1.06. The second-order valence-corrected chi connectivity index (χ2v) is 7.59. The number of hydrogen-bond acceptors (Lipinski definition) is 5.